The van der Waals surface area contributed by atoms with Crippen LogP contribution in [0.25, 0.3) is 0 Å². The van der Waals surface area contributed by atoms with Crippen LogP contribution in [-0.2, 0) is 9.84 Å². The molecule has 0 aromatic heterocycles. The minimum atomic E-state index is -3.24. The summed E-state index contributed by atoms with van der Waals surface area (Å²) in [5.74, 6) is 0.216. The van der Waals surface area contributed by atoms with Crippen LogP contribution < -0.4 is 5.32 Å². The van der Waals surface area contributed by atoms with Gasteiger partial charge in [-0.2, -0.15) is 0 Å². The van der Waals surface area contributed by atoms with Crippen molar-refractivity contribution in [3.8, 4) is 0 Å². The molecule has 1 saturated carbocycles. The van der Waals surface area contributed by atoms with Gasteiger partial charge in [0.05, 0.1) is 11.0 Å². The van der Waals surface area contributed by atoms with Gasteiger partial charge in [0.15, 0.2) is 9.84 Å². The summed E-state index contributed by atoms with van der Waals surface area (Å²) >= 11 is 0. The van der Waals surface area contributed by atoms with Crippen LogP contribution in [0.3, 0.4) is 0 Å². The Balaban J connectivity index is 1.89. The van der Waals surface area contributed by atoms with Gasteiger partial charge in [0.2, 0.25) is 0 Å². The molecule has 1 aromatic carbocycles. The lowest BCUT2D eigenvalue weighted by molar-refractivity contribution is 0.0910. The first-order valence-electron chi connectivity index (χ1n) is 7.12. The highest BCUT2D eigenvalue weighted by atomic mass is 32.2. The summed E-state index contributed by atoms with van der Waals surface area (Å²) in [5, 5.41) is 12.3. The molecule has 1 aliphatic rings. The highest BCUT2D eigenvalue weighted by molar-refractivity contribution is 7.90. The van der Waals surface area contributed by atoms with Crippen molar-refractivity contribution in [3.05, 3.63) is 29.8 Å². The van der Waals surface area contributed by atoms with Crippen molar-refractivity contribution in [1.29, 1.82) is 0 Å². The van der Waals surface area contributed by atoms with E-state index in [0.717, 1.165) is 31.9 Å². The number of nitrogens with one attached hydrogen (secondary N) is 1. The maximum atomic E-state index is 12.0. The van der Waals surface area contributed by atoms with Crippen molar-refractivity contribution in [3.63, 3.8) is 0 Å². The lowest BCUT2D eigenvalue weighted by Crippen LogP contribution is -2.32. The largest absolute Gasteiger partial charge is 0.393 e. The van der Waals surface area contributed by atoms with Crippen LogP contribution >= 0.6 is 0 Å². The van der Waals surface area contributed by atoms with Gasteiger partial charge in [-0.25, -0.2) is 8.42 Å². The Morgan fingerprint density at radius 2 is 1.76 bits per heavy atom. The number of aliphatic hydroxyl groups is 1. The lowest BCUT2D eigenvalue weighted by Gasteiger charge is -2.25. The predicted octanol–water partition coefficient (Wildman–Crippen LogP) is 1.37. The molecule has 1 aliphatic carbocycles. The van der Waals surface area contributed by atoms with Gasteiger partial charge in [-0.05, 0) is 55.9 Å². The first-order chi connectivity index (χ1) is 9.86. The van der Waals surface area contributed by atoms with Crippen LogP contribution in [-0.4, -0.2) is 38.3 Å². The van der Waals surface area contributed by atoms with Crippen molar-refractivity contribution < 1.29 is 18.3 Å². The fraction of sp³-hybridized carbons (Fsp3) is 0.533. The van der Waals surface area contributed by atoms with E-state index >= 15 is 0 Å². The molecule has 0 heterocycles. The molecular weight excluding hydrogens is 290 g/mol. The van der Waals surface area contributed by atoms with E-state index in [0.29, 0.717) is 18.0 Å². The average Bonchev–Trinajstić information content (AvgIpc) is 2.45. The molecule has 1 fully saturated rings. The standard InChI is InChI=1S/C15H21NO4S/c1-21(19,20)14-8-4-12(5-9-14)15(18)16-10-11-2-6-13(17)7-3-11/h4-5,8-9,11,13,17H,2-3,6-7,10H2,1H3,(H,16,18). The molecule has 0 unspecified atom stereocenters. The summed E-state index contributed by atoms with van der Waals surface area (Å²) in [6.07, 6.45) is 4.39. The van der Waals surface area contributed by atoms with Crippen LogP contribution in [0, 0.1) is 5.92 Å². The Labute approximate surface area is 125 Å². The van der Waals surface area contributed by atoms with E-state index in [2.05, 4.69) is 5.32 Å². The van der Waals surface area contributed by atoms with E-state index in [1.54, 1.807) is 0 Å². The zero-order chi connectivity index (χ0) is 15.5. The normalized spacial score (nSPS) is 22.8. The molecule has 0 radical (unpaired) electrons. The number of rotatable bonds is 4. The van der Waals surface area contributed by atoms with E-state index in [1.807, 2.05) is 0 Å². The SMILES string of the molecule is CS(=O)(=O)c1ccc(C(=O)NCC2CCC(O)CC2)cc1. The number of carbonyl (C=O) groups excluding carboxylic acids is 1. The number of hydrogen-bond donors (Lipinski definition) is 2. The zero-order valence-corrected chi connectivity index (χ0v) is 12.9. The minimum Gasteiger partial charge on any atom is -0.393 e. The van der Waals surface area contributed by atoms with Gasteiger partial charge < -0.3 is 10.4 Å². The van der Waals surface area contributed by atoms with E-state index in [-0.39, 0.29) is 16.9 Å². The van der Waals surface area contributed by atoms with Crippen LogP contribution in [0.5, 0.6) is 0 Å². The smallest absolute Gasteiger partial charge is 0.251 e. The van der Waals surface area contributed by atoms with Gasteiger partial charge in [-0.15, -0.1) is 0 Å². The Morgan fingerprint density at radius 1 is 1.19 bits per heavy atom. The van der Waals surface area contributed by atoms with E-state index < -0.39 is 9.84 Å². The summed E-state index contributed by atoms with van der Waals surface area (Å²) in [6, 6.07) is 5.94. The maximum Gasteiger partial charge on any atom is 0.251 e. The van der Waals surface area contributed by atoms with Crippen molar-refractivity contribution in [1.82, 2.24) is 5.32 Å². The molecule has 21 heavy (non-hydrogen) atoms. The Hall–Kier alpha value is -1.40. The fourth-order valence-corrected chi connectivity index (χ4v) is 3.17. The maximum absolute atomic E-state index is 12.0. The monoisotopic (exact) mass is 311 g/mol. The first kappa shape index (κ1) is 16.0. The summed E-state index contributed by atoms with van der Waals surface area (Å²) < 4.78 is 22.7. The molecule has 0 atom stereocenters. The summed E-state index contributed by atoms with van der Waals surface area (Å²) in [6.45, 7) is 0.597. The Morgan fingerprint density at radius 3 is 2.29 bits per heavy atom. The minimum absolute atomic E-state index is 0.193. The molecule has 0 aliphatic heterocycles. The van der Waals surface area contributed by atoms with Gasteiger partial charge in [0.1, 0.15) is 0 Å². The molecule has 2 rings (SSSR count). The number of carbonyl (C=O) groups is 1. The quantitative estimate of drug-likeness (QED) is 0.880. The Kier molecular flexibility index (Phi) is 5.00. The second kappa shape index (κ2) is 6.58. The topological polar surface area (TPSA) is 83.5 Å². The number of aliphatic hydroxyl groups excluding tert-OH is 1. The highest BCUT2D eigenvalue weighted by Crippen LogP contribution is 2.23. The average molecular weight is 311 g/mol. The lowest BCUT2D eigenvalue weighted by atomic mass is 9.87. The summed E-state index contributed by atoms with van der Waals surface area (Å²) in [7, 11) is -3.24. The van der Waals surface area contributed by atoms with Gasteiger partial charge in [-0.1, -0.05) is 0 Å². The van der Waals surface area contributed by atoms with E-state index in [9.17, 15) is 18.3 Å². The molecule has 116 valence electrons. The predicted molar refractivity (Wildman–Crippen MR) is 79.8 cm³/mol. The van der Waals surface area contributed by atoms with Crippen molar-refractivity contribution >= 4 is 15.7 Å². The van der Waals surface area contributed by atoms with Gasteiger partial charge in [0.25, 0.3) is 5.91 Å². The molecule has 0 spiro atoms. The van der Waals surface area contributed by atoms with Crippen LogP contribution in [0.15, 0.2) is 29.2 Å². The van der Waals surface area contributed by atoms with Crippen LogP contribution in [0.4, 0.5) is 0 Å². The second-order valence-electron chi connectivity index (χ2n) is 5.68. The van der Waals surface area contributed by atoms with E-state index in [4.69, 9.17) is 0 Å². The third-order valence-corrected chi connectivity index (χ3v) is 5.04. The summed E-state index contributed by atoms with van der Waals surface area (Å²) in [5.41, 5.74) is 0.457. The Bertz CT molecular complexity index is 587. The molecule has 1 amide bonds. The second-order valence-corrected chi connectivity index (χ2v) is 7.70. The number of sulfone groups is 1. The van der Waals surface area contributed by atoms with Gasteiger partial charge in [0, 0.05) is 18.4 Å². The summed E-state index contributed by atoms with van der Waals surface area (Å²) in [4.78, 5) is 12.2. The van der Waals surface area contributed by atoms with Crippen LogP contribution in [0.2, 0.25) is 0 Å². The third kappa shape index (κ3) is 4.54. The van der Waals surface area contributed by atoms with Crippen molar-refractivity contribution in [2.75, 3.05) is 12.8 Å². The van der Waals surface area contributed by atoms with Crippen LogP contribution in [0.1, 0.15) is 36.0 Å². The molecule has 0 bridgehead atoms. The molecule has 1 aromatic rings. The van der Waals surface area contributed by atoms with Gasteiger partial charge in [-0.3, -0.25) is 4.79 Å². The number of amides is 1. The molecule has 6 heteroatoms. The van der Waals surface area contributed by atoms with Crippen molar-refractivity contribution in [2.24, 2.45) is 5.92 Å². The first-order valence-corrected chi connectivity index (χ1v) is 9.02. The highest BCUT2D eigenvalue weighted by Gasteiger charge is 2.20. The zero-order valence-electron chi connectivity index (χ0n) is 12.1. The fourth-order valence-electron chi connectivity index (χ4n) is 2.54. The number of hydrogen-bond acceptors (Lipinski definition) is 4. The molecular formula is C15H21NO4S. The number of benzene rings is 1. The van der Waals surface area contributed by atoms with Gasteiger partial charge >= 0.3 is 0 Å². The molecule has 0 saturated heterocycles. The molecule has 5 nitrogen and oxygen atoms in total. The van der Waals surface area contributed by atoms with E-state index in [1.165, 1.54) is 24.3 Å². The van der Waals surface area contributed by atoms with Crippen molar-refractivity contribution in [2.45, 2.75) is 36.7 Å². The molecule has 2 N–H and O–H groups in total. The third-order valence-electron chi connectivity index (χ3n) is 3.91.